The summed E-state index contributed by atoms with van der Waals surface area (Å²) in [6.45, 7) is 0. The third-order valence-corrected chi connectivity index (χ3v) is 2.01. The summed E-state index contributed by atoms with van der Waals surface area (Å²) in [4.78, 5) is 14.6. The average molecular weight is 141 g/mol. The van der Waals surface area contributed by atoms with Crippen LogP contribution < -0.4 is 0 Å². The highest BCUT2D eigenvalue weighted by Crippen LogP contribution is 2.20. The number of fused-ring (bicyclic) bond motifs is 1. The maximum Gasteiger partial charge on any atom is 0.259 e. The van der Waals surface area contributed by atoms with Gasteiger partial charge in [0.15, 0.2) is 5.16 Å². The van der Waals surface area contributed by atoms with Gasteiger partial charge in [0.05, 0.1) is 5.75 Å². The Kier molecular flexibility index (Phi) is 0.869. The van der Waals surface area contributed by atoms with E-state index in [4.69, 9.17) is 0 Å². The van der Waals surface area contributed by atoms with Crippen LogP contribution in [-0.2, 0) is 0 Å². The van der Waals surface area contributed by atoms with E-state index in [0.717, 1.165) is 0 Å². The Labute approximate surface area is 55.3 Å². The van der Waals surface area contributed by atoms with E-state index in [1.54, 1.807) is 0 Å². The molecule has 0 aliphatic carbocycles. The van der Waals surface area contributed by atoms with Crippen molar-refractivity contribution in [2.75, 3.05) is 5.75 Å². The summed E-state index contributed by atoms with van der Waals surface area (Å²) in [5.41, 5.74) is 0. The second kappa shape index (κ2) is 1.57. The summed E-state index contributed by atoms with van der Waals surface area (Å²) < 4.78 is 1.32. The van der Waals surface area contributed by atoms with Crippen molar-refractivity contribution in [1.82, 2.24) is 14.8 Å². The van der Waals surface area contributed by atoms with E-state index in [0.29, 0.717) is 10.9 Å². The molecule has 0 amide bonds. The van der Waals surface area contributed by atoms with Crippen molar-refractivity contribution in [2.24, 2.45) is 0 Å². The summed E-state index contributed by atoms with van der Waals surface area (Å²) >= 11 is 1.42. The lowest BCUT2D eigenvalue weighted by Gasteiger charge is -1.83. The summed E-state index contributed by atoms with van der Waals surface area (Å²) in [5.74, 6) is 0.503. The number of aromatic nitrogens is 3. The Morgan fingerprint density at radius 3 is 3.44 bits per heavy atom. The lowest BCUT2D eigenvalue weighted by Crippen LogP contribution is -2.07. The fourth-order valence-corrected chi connectivity index (χ4v) is 1.46. The van der Waals surface area contributed by atoms with E-state index in [2.05, 4.69) is 10.1 Å². The molecule has 2 rings (SSSR count). The third-order valence-electron chi connectivity index (χ3n) is 1.08. The molecule has 4 nitrogen and oxygen atoms in total. The molecule has 0 N–H and O–H groups in total. The van der Waals surface area contributed by atoms with Crippen molar-refractivity contribution < 1.29 is 4.79 Å². The molecule has 0 spiro atoms. The van der Waals surface area contributed by atoms with Crippen LogP contribution in [0.5, 0.6) is 0 Å². The molecule has 1 aliphatic heterocycles. The monoisotopic (exact) mass is 141 g/mol. The second-order valence-electron chi connectivity index (χ2n) is 1.64. The van der Waals surface area contributed by atoms with Crippen LogP contribution in [0.4, 0.5) is 0 Å². The Morgan fingerprint density at radius 1 is 1.78 bits per heavy atom. The van der Waals surface area contributed by atoms with Crippen LogP contribution >= 0.6 is 11.8 Å². The summed E-state index contributed by atoms with van der Waals surface area (Å²) in [5, 5.41) is 4.42. The van der Waals surface area contributed by atoms with Gasteiger partial charge in [-0.1, -0.05) is 11.8 Å². The number of hydrogen-bond acceptors (Lipinski definition) is 4. The zero-order valence-electron chi connectivity index (χ0n) is 4.44. The standard InChI is InChI=1S/C4H3N3OS/c8-3-1-9-4-5-2-6-7(3)4/h2H,1H2. The third kappa shape index (κ3) is 0.578. The lowest BCUT2D eigenvalue weighted by atomic mass is 10.7. The van der Waals surface area contributed by atoms with Gasteiger partial charge in [-0.15, -0.1) is 0 Å². The molecule has 5 heteroatoms. The molecule has 0 saturated carbocycles. The first-order valence-electron chi connectivity index (χ1n) is 2.44. The number of carbonyl (C=O) groups is 1. The molecule has 0 aromatic carbocycles. The smallest absolute Gasteiger partial charge is 0.259 e. The first kappa shape index (κ1) is 4.99. The van der Waals surface area contributed by atoms with Gasteiger partial charge in [0.2, 0.25) is 0 Å². The Bertz CT molecular complexity index is 256. The Balaban J connectivity index is 2.61. The van der Waals surface area contributed by atoms with Gasteiger partial charge in [0, 0.05) is 0 Å². The van der Waals surface area contributed by atoms with Crippen LogP contribution in [0.2, 0.25) is 0 Å². The van der Waals surface area contributed by atoms with Gasteiger partial charge in [-0.2, -0.15) is 9.78 Å². The van der Waals surface area contributed by atoms with Crippen molar-refractivity contribution in [3.63, 3.8) is 0 Å². The fraction of sp³-hybridized carbons (Fsp3) is 0.250. The Hall–Kier alpha value is -0.840. The topological polar surface area (TPSA) is 47.8 Å². The van der Waals surface area contributed by atoms with Crippen molar-refractivity contribution in [2.45, 2.75) is 5.16 Å². The van der Waals surface area contributed by atoms with Crippen molar-refractivity contribution in [1.29, 1.82) is 0 Å². The molecule has 0 atom stereocenters. The van der Waals surface area contributed by atoms with E-state index in [1.807, 2.05) is 0 Å². The van der Waals surface area contributed by atoms with Gasteiger partial charge < -0.3 is 0 Å². The molecule has 2 heterocycles. The maximum atomic E-state index is 10.8. The molecule has 0 unspecified atom stereocenters. The number of nitrogens with zero attached hydrogens (tertiary/aromatic N) is 3. The highest BCUT2D eigenvalue weighted by molar-refractivity contribution is 8.00. The molecule has 1 aliphatic rings. The van der Waals surface area contributed by atoms with E-state index in [-0.39, 0.29) is 5.91 Å². The van der Waals surface area contributed by atoms with Crippen molar-refractivity contribution >= 4 is 17.7 Å². The average Bonchev–Trinajstić information content (AvgIpc) is 2.35. The predicted molar refractivity (Wildman–Crippen MR) is 31.4 cm³/mol. The summed E-state index contributed by atoms with van der Waals surface area (Å²) in [6.07, 6.45) is 1.39. The summed E-state index contributed by atoms with van der Waals surface area (Å²) in [6, 6.07) is 0. The first-order valence-corrected chi connectivity index (χ1v) is 3.42. The van der Waals surface area contributed by atoms with Crippen LogP contribution in [-0.4, -0.2) is 26.4 Å². The van der Waals surface area contributed by atoms with Crippen LogP contribution in [0, 0.1) is 0 Å². The molecule has 1 aromatic rings. The molecule has 0 bridgehead atoms. The predicted octanol–water partition coefficient (Wildman–Crippen LogP) is 0.0240. The lowest BCUT2D eigenvalue weighted by molar-refractivity contribution is 0.0923. The molecular weight excluding hydrogens is 138 g/mol. The van der Waals surface area contributed by atoms with E-state index in [9.17, 15) is 4.79 Å². The quantitative estimate of drug-likeness (QED) is 0.511. The first-order chi connectivity index (χ1) is 4.38. The molecular formula is C4H3N3OS. The van der Waals surface area contributed by atoms with Gasteiger partial charge in [0.1, 0.15) is 6.33 Å². The number of rotatable bonds is 0. The molecule has 1 aromatic heterocycles. The normalized spacial score (nSPS) is 16.2. The van der Waals surface area contributed by atoms with Crippen LogP contribution in [0.3, 0.4) is 0 Å². The zero-order valence-corrected chi connectivity index (χ0v) is 5.26. The Morgan fingerprint density at radius 2 is 2.67 bits per heavy atom. The maximum absolute atomic E-state index is 10.8. The number of carbonyl (C=O) groups excluding carboxylic acids is 1. The molecule has 0 fully saturated rings. The van der Waals surface area contributed by atoms with Gasteiger partial charge >= 0.3 is 0 Å². The van der Waals surface area contributed by atoms with Gasteiger partial charge in [-0.05, 0) is 0 Å². The minimum atomic E-state index is 0.0208. The number of hydrogen-bond donors (Lipinski definition) is 0. The van der Waals surface area contributed by atoms with E-state index >= 15 is 0 Å². The van der Waals surface area contributed by atoms with Crippen LogP contribution in [0.15, 0.2) is 11.5 Å². The van der Waals surface area contributed by atoms with Crippen molar-refractivity contribution in [3.8, 4) is 0 Å². The minimum absolute atomic E-state index is 0.0208. The van der Waals surface area contributed by atoms with Crippen LogP contribution in [0.25, 0.3) is 0 Å². The highest BCUT2D eigenvalue weighted by atomic mass is 32.2. The largest absolute Gasteiger partial charge is 0.271 e. The van der Waals surface area contributed by atoms with Gasteiger partial charge in [-0.3, -0.25) is 4.79 Å². The summed E-state index contributed by atoms with van der Waals surface area (Å²) in [7, 11) is 0. The molecule has 9 heavy (non-hydrogen) atoms. The van der Waals surface area contributed by atoms with E-state index in [1.165, 1.54) is 22.8 Å². The molecule has 46 valence electrons. The van der Waals surface area contributed by atoms with Gasteiger partial charge in [0.25, 0.3) is 5.91 Å². The van der Waals surface area contributed by atoms with Crippen molar-refractivity contribution in [3.05, 3.63) is 6.33 Å². The van der Waals surface area contributed by atoms with E-state index < -0.39 is 0 Å². The van der Waals surface area contributed by atoms with Crippen LogP contribution in [0.1, 0.15) is 4.79 Å². The molecule has 0 radical (unpaired) electrons. The second-order valence-corrected chi connectivity index (χ2v) is 2.58. The number of thioether (sulfide) groups is 1. The van der Waals surface area contributed by atoms with Gasteiger partial charge in [-0.25, -0.2) is 4.98 Å². The minimum Gasteiger partial charge on any atom is -0.271 e. The molecule has 0 saturated heterocycles. The zero-order chi connectivity index (χ0) is 6.27. The fourth-order valence-electron chi connectivity index (χ4n) is 0.688. The highest BCUT2D eigenvalue weighted by Gasteiger charge is 2.20. The SMILES string of the molecule is O=C1CSc2ncnn21.